The highest BCUT2D eigenvalue weighted by Gasteiger charge is 2.20. The van der Waals surface area contributed by atoms with Crippen molar-refractivity contribution in [1.82, 2.24) is 10.3 Å². The number of hydrogen-bond acceptors (Lipinski definition) is 3. The summed E-state index contributed by atoms with van der Waals surface area (Å²) >= 11 is 6.33. The van der Waals surface area contributed by atoms with E-state index in [1.165, 1.54) is 12.8 Å². The second-order valence-electron chi connectivity index (χ2n) is 4.93. The lowest BCUT2D eigenvalue weighted by Crippen LogP contribution is -2.26. The molecule has 3 nitrogen and oxygen atoms in total. The minimum atomic E-state index is 0.542. The summed E-state index contributed by atoms with van der Waals surface area (Å²) in [5.41, 5.74) is 1.12. The quantitative estimate of drug-likeness (QED) is 0.777. The third-order valence-corrected chi connectivity index (χ3v) is 3.40. The molecule has 4 heteroatoms. The van der Waals surface area contributed by atoms with Crippen LogP contribution in [0.25, 0.3) is 0 Å². The first-order valence-electron chi connectivity index (χ1n) is 6.80. The van der Waals surface area contributed by atoms with E-state index in [1.54, 1.807) is 0 Å². The average molecular weight is 278 g/mol. The molecule has 0 atom stereocenters. The van der Waals surface area contributed by atoms with E-state index in [4.69, 9.17) is 18.0 Å². The number of halogens is 1. The first-order chi connectivity index (χ1) is 9.24. The van der Waals surface area contributed by atoms with Gasteiger partial charge in [-0.3, -0.25) is 0 Å². The average Bonchev–Trinajstić information content (AvgIpc) is 3.20. The molecule has 1 aromatic rings. The SMILES string of the molecule is C#CCN(CCC)c1ncc(CNC2CC2)cc1Cl. The maximum atomic E-state index is 6.33. The summed E-state index contributed by atoms with van der Waals surface area (Å²) in [6.07, 6.45) is 10.9. The van der Waals surface area contributed by atoms with Gasteiger partial charge in [-0.25, -0.2) is 4.98 Å². The van der Waals surface area contributed by atoms with E-state index in [9.17, 15) is 0 Å². The van der Waals surface area contributed by atoms with Crippen LogP contribution < -0.4 is 10.2 Å². The highest BCUT2D eigenvalue weighted by molar-refractivity contribution is 6.33. The van der Waals surface area contributed by atoms with Gasteiger partial charge in [-0.05, 0) is 30.9 Å². The molecule has 1 aliphatic carbocycles. The van der Waals surface area contributed by atoms with Crippen LogP contribution in [0.15, 0.2) is 12.3 Å². The molecular formula is C15H20ClN3. The molecule has 2 rings (SSSR count). The zero-order chi connectivity index (χ0) is 13.7. The van der Waals surface area contributed by atoms with Gasteiger partial charge in [0.05, 0.1) is 11.6 Å². The second kappa shape index (κ2) is 6.79. The lowest BCUT2D eigenvalue weighted by molar-refractivity contribution is 0.685. The molecule has 102 valence electrons. The largest absolute Gasteiger partial charge is 0.344 e. The van der Waals surface area contributed by atoms with Crippen molar-refractivity contribution in [3.8, 4) is 12.3 Å². The lowest BCUT2D eigenvalue weighted by Gasteiger charge is -2.21. The van der Waals surface area contributed by atoms with Gasteiger partial charge in [-0.15, -0.1) is 6.42 Å². The Labute approximate surface area is 120 Å². The number of rotatable bonds is 7. The number of terminal acetylenes is 1. The number of nitrogens with zero attached hydrogens (tertiary/aromatic N) is 2. The van der Waals surface area contributed by atoms with E-state index in [0.29, 0.717) is 17.6 Å². The van der Waals surface area contributed by atoms with Crippen molar-refractivity contribution >= 4 is 17.4 Å². The minimum absolute atomic E-state index is 0.542. The molecule has 0 aromatic carbocycles. The Morgan fingerprint density at radius 3 is 2.95 bits per heavy atom. The van der Waals surface area contributed by atoms with E-state index < -0.39 is 0 Å². The molecule has 1 fully saturated rings. The second-order valence-corrected chi connectivity index (χ2v) is 5.34. The van der Waals surface area contributed by atoms with Gasteiger partial charge < -0.3 is 10.2 Å². The third-order valence-electron chi connectivity index (χ3n) is 3.13. The molecule has 0 spiro atoms. The van der Waals surface area contributed by atoms with Gasteiger partial charge in [-0.1, -0.05) is 24.4 Å². The van der Waals surface area contributed by atoms with Gasteiger partial charge in [0.15, 0.2) is 0 Å². The molecular weight excluding hydrogens is 258 g/mol. The molecule has 1 saturated carbocycles. The van der Waals surface area contributed by atoms with Crippen LogP contribution in [0.5, 0.6) is 0 Å². The van der Waals surface area contributed by atoms with Gasteiger partial charge in [0.2, 0.25) is 0 Å². The molecule has 0 unspecified atom stereocenters. The van der Waals surface area contributed by atoms with E-state index in [2.05, 4.69) is 23.1 Å². The maximum Gasteiger partial charge on any atom is 0.148 e. The van der Waals surface area contributed by atoms with Crippen molar-refractivity contribution in [3.63, 3.8) is 0 Å². The van der Waals surface area contributed by atoms with E-state index in [0.717, 1.165) is 30.9 Å². The summed E-state index contributed by atoms with van der Waals surface area (Å²) in [6.45, 7) is 4.36. The zero-order valence-corrected chi connectivity index (χ0v) is 12.1. The summed E-state index contributed by atoms with van der Waals surface area (Å²) < 4.78 is 0. The van der Waals surface area contributed by atoms with Crippen LogP contribution >= 0.6 is 11.6 Å². The van der Waals surface area contributed by atoms with Crippen LogP contribution in [0.3, 0.4) is 0 Å². The van der Waals surface area contributed by atoms with Crippen LogP contribution in [0.2, 0.25) is 5.02 Å². The summed E-state index contributed by atoms with van der Waals surface area (Å²) in [6, 6.07) is 2.68. The predicted octanol–water partition coefficient (Wildman–Crippen LogP) is 2.84. The summed E-state index contributed by atoms with van der Waals surface area (Å²) in [5.74, 6) is 3.44. The third kappa shape index (κ3) is 4.12. The number of hydrogen-bond donors (Lipinski definition) is 1. The molecule has 0 saturated heterocycles. The van der Waals surface area contributed by atoms with Crippen LogP contribution in [-0.2, 0) is 6.54 Å². The number of pyridine rings is 1. The Kier molecular flexibility index (Phi) is 5.07. The fourth-order valence-electron chi connectivity index (χ4n) is 1.99. The molecule has 1 aliphatic rings. The van der Waals surface area contributed by atoms with Crippen LogP contribution in [0, 0.1) is 12.3 Å². The molecule has 1 N–H and O–H groups in total. The highest BCUT2D eigenvalue weighted by atomic mass is 35.5. The van der Waals surface area contributed by atoms with Gasteiger partial charge in [0, 0.05) is 25.3 Å². The Bertz CT molecular complexity index is 463. The van der Waals surface area contributed by atoms with Gasteiger partial charge >= 0.3 is 0 Å². The molecule has 0 amide bonds. The van der Waals surface area contributed by atoms with Crippen LogP contribution in [0.4, 0.5) is 5.82 Å². The minimum Gasteiger partial charge on any atom is -0.344 e. The van der Waals surface area contributed by atoms with Gasteiger partial charge in [0.1, 0.15) is 5.82 Å². The van der Waals surface area contributed by atoms with Crippen LogP contribution in [0.1, 0.15) is 31.7 Å². The topological polar surface area (TPSA) is 28.2 Å². The lowest BCUT2D eigenvalue weighted by atomic mass is 10.2. The normalized spacial score (nSPS) is 14.2. The first-order valence-corrected chi connectivity index (χ1v) is 7.18. The highest BCUT2D eigenvalue weighted by Crippen LogP contribution is 2.25. The Morgan fingerprint density at radius 1 is 1.58 bits per heavy atom. The molecule has 1 heterocycles. The predicted molar refractivity (Wildman–Crippen MR) is 80.4 cm³/mol. The Hall–Kier alpha value is -1.24. The molecule has 1 aromatic heterocycles. The van der Waals surface area contributed by atoms with Crippen molar-refractivity contribution < 1.29 is 0 Å². The molecule has 0 bridgehead atoms. The van der Waals surface area contributed by atoms with Crippen molar-refractivity contribution in [2.45, 2.75) is 38.8 Å². The van der Waals surface area contributed by atoms with E-state index in [1.807, 2.05) is 17.2 Å². The number of aromatic nitrogens is 1. The maximum absolute atomic E-state index is 6.33. The summed E-state index contributed by atoms with van der Waals surface area (Å²) in [4.78, 5) is 6.51. The fraction of sp³-hybridized carbons (Fsp3) is 0.533. The standard InChI is InChI=1S/C15H20ClN3/c1-3-7-19(8-4-2)15-14(16)9-12(11-18-15)10-17-13-5-6-13/h1,9,11,13,17H,4-8,10H2,2H3. The fourth-order valence-corrected chi connectivity index (χ4v) is 2.30. The van der Waals surface area contributed by atoms with Crippen molar-refractivity contribution in [2.24, 2.45) is 0 Å². The molecule has 0 aliphatic heterocycles. The van der Waals surface area contributed by atoms with Gasteiger partial charge in [-0.2, -0.15) is 0 Å². The van der Waals surface area contributed by atoms with E-state index >= 15 is 0 Å². The first kappa shape index (κ1) is 14.2. The van der Waals surface area contributed by atoms with Crippen molar-refractivity contribution in [3.05, 3.63) is 22.8 Å². The van der Waals surface area contributed by atoms with Crippen molar-refractivity contribution in [2.75, 3.05) is 18.0 Å². The van der Waals surface area contributed by atoms with Crippen molar-refractivity contribution in [1.29, 1.82) is 0 Å². The zero-order valence-electron chi connectivity index (χ0n) is 11.3. The Morgan fingerprint density at radius 2 is 2.37 bits per heavy atom. The Balaban J connectivity index is 2.05. The summed E-state index contributed by atoms with van der Waals surface area (Å²) in [5, 5.41) is 4.13. The smallest absolute Gasteiger partial charge is 0.148 e. The molecule has 0 radical (unpaired) electrons. The number of nitrogens with one attached hydrogen (secondary N) is 1. The monoisotopic (exact) mass is 277 g/mol. The number of anilines is 1. The van der Waals surface area contributed by atoms with Gasteiger partial charge in [0.25, 0.3) is 0 Å². The van der Waals surface area contributed by atoms with E-state index in [-0.39, 0.29) is 0 Å². The summed E-state index contributed by atoms with van der Waals surface area (Å²) in [7, 11) is 0. The van der Waals surface area contributed by atoms with Crippen LogP contribution in [-0.4, -0.2) is 24.1 Å². The molecule has 19 heavy (non-hydrogen) atoms.